The molecule has 0 aliphatic carbocycles. The van der Waals surface area contributed by atoms with Crippen LogP contribution in [0, 0.1) is 0 Å². The molecule has 0 spiro atoms. The van der Waals surface area contributed by atoms with Gasteiger partial charge < -0.3 is 19.7 Å². The Hall–Kier alpha value is -1.26. The highest BCUT2D eigenvalue weighted by Crippen LogP contribution is 2.29. The van der Waals surface area contributed by atoms with Gasteiger partial charge in [-0.2, -0.15) is 0 Å². The largest absolute Gasteiger partial charge is 0.495 e. The van der Waals surface area contributed by atoms with E-state index in [0.29, 0.717) is 0 Å². The Morgan fingerprint density at radius 2 is 1.89 bits per heavy atom. The monoisotopic (exact) mass is 266 g/mol. The van der Waals surface area contributed by atoms with E-state index < -0.39 is 0 Å². The number of nitrogens with zero attached hydrogens (tertiary/aromatic N) is 1. The van der Waals surface area contributed by atoms with Crippen LogP contribution in [0.1, 0.15) is 19.4 Å². The van der Waals surface area contributed by atoms with Crippen LogP contribution in [-0.2, 0) is 11.3 Å². The van der Waals surface area contributed by atoms with Crippen molar-refractivity contribution >= 4 is 5.69 Å². The first kappa shape index (κ1) is 15.8. The van der Waals surface area contributed by atoms with Gasteiger partial charge >= 0.3 is 0 Å². The Labute approximate surface area is 116 Å². The van der Waals surface area contributed by atoms with Crippen molar-refractivity contribution in [3.63, 3.8) is 0 Å². The van der Waals surface area contributed by atoms with E-state index in [-0.39, 0.29) is 0 Å². The molecule has 1 rings (SSSR count). The number of hydrogen-bond donors (Lipinski definition) is 1. The van der Waals surface area contributed by atoms with Crippen LogP contribution in [-0.4, -0.2) is 40.5 Å². The molecular weight excluding hydrogens is 240 g/mol. The van der Waals surface area contributed by atoms with Crippen molar-refractivity contribution in [2.75, 3.05) is 45.4 Å². The number of anilines is 1. The number of rotatable bonds is 9. The van der Waals surface area contributed by atoms with Crippen LogP contribution in [0.15, 0.2) is 18.2 Å². The molecule has 0 aliphatic heterocycles. The highest BCUT2D eigenvalue weighted by atomic mass is 16.5. The van der Waals surface area contributed by atoms with Gasteiger partial charge in [0.25, 0.3) is 0 Å². The molecule has 0 bridgehead atoms. The zero-order chi connectivity index (χ0) is 14.1. The number of benzene rings is 1. The lowest BCUT2D eigenvalue weighted by Gasteiger charge is -2.23. The number of hydrogen-bond acceptors (Lipinski definition) is 4. The summed E-state index contributed by atoms with van der Waals surface area (Å²) < 4.78 is 10.5. The maximum Gasteiger partial charge on any atom is 0.142 e. The Morgan fingerprint density at radius 3 is 2.47 bits per heavy atom. The van der Waals surface area contributed by atoms with Gasteiger partial charge in [0, 0.05) is 33.3 Å². The van der Waals surface area contributed by atoms with Crippen molar-refractivity contribution in [1.82, 2.24) is 5.32 Å². The molecule has 19 heavy (non-hydrogen) atoms. The van der Waals surface area contributed by atoms with E-state index in [4.69, 9.17) is 9.47 Å². The third kappa shape index (κ3) is 4.73. The van der Waals surface area contributed by atoms with Gasteiger partial charge in [0.15, 0.2) is 0 Å². The van der Waals surface area contributed by atoms with Crippen LogP contribution in [0.5, 0.6) is 5.75 Å². The van der Waals surface area contributed by atoms with Crippen molar-refractivity contribution in [3.05, 3.63) is 23.8 Å². The van der Waals surface area contributed by atoms with Crippen LogP contribution in [0.2, 0.25) is 0 Å². The van der Waals surface area contributed by atoms with E-state index in [1.807, 2.05) is 0 Å². The van der Waals surface area contributed by atoms with Crippen molar-refractivity contribution < 1.29 is 9.47 Å². The summed E-state index contributed by atoms with van der Waals surface area (Å²) in [5.74, 6) is 0.940. The van der Waals surface area contributed by atoms with Crippen molar-refractivity contribution in [3.8, 4) is 5.75 Å². The fourth-order valence-corrected chi connectivity index (χ4v) is 2.06. The van der Waals surface area contributed by atoms with E-state index in [2.05, 4.69) is 42.3 Å². The first-order valence-electron chi connectivity index (χ1n) is 6.88. The van der Waals surface area contributed by atoms with E-state index in [1.54, 1.807) is 14.2 Å². The van der Waals surface area contributed by atoms with Gasteiger partial charge in [0.05, 0.1) is 19.4 Å². The molecule has 0 radical (unpaired) electrons. The smallest absolute Gasteiger partial charge is 0.142 e. The molecule has 0 aliphatic rings. The summed E-state index contributed by atoms with van der Waals surface area (Å²) in [5, 5.41) is 3.34. The molecule has 0 heterocycles. The Bertz CT molecular complexity index is 365. The average molecular weight is 266 g/mol. The number of nitrogens with one attached hydrogen (secondary N) is 1. The molecule has 0 saturated heterocycles. The molecule has 0 amide bonds. The minimum atomic E-state index is 0.731. The summed E-state index contributed by atoms with van der Waals surface area (Å²) in [6.45, 7) is 8.70. The normalized spacial score (nSPS) is 10.5. The zero-order valence-electron chi connectivity index (χ0n) is 12.5. The molecular formula is C15H26N2O2. The first-order valence-corrected chi connectivity index (χ1v) is 6.88. The van der Waals surface area contributed by atoms with E-state index >= 15 is 0 Å². The SMILES string of the molecule is CCN(CC)c1ccc(CNCCOC)cc1OC. The summed E-state index contributed by atoms with van der Waals surface area (Å²) in [6.07, 6.45) is 0. The quantitative estimate of drug-likeness (QED) is 0.695. The molecule has 0 aromatic heterocycles. The second kappa shape index (κ2) is 8.77. The van der Waals surface area contributed by atoms with Crippen LogP contribution in [0.3, 0.4) is 0 Å². The number of methoxy groups -OCH3 is 2. The molecule has 0 atom stereocenters. The van der Waals surface area contributed by atoms with Gasteiger partial charge in [-0.15, -0.1) is 0 Å². The van der Waals surface area contributed by atoms with Gasteiger partial charge in [-0.1, -0.05) is 6.07 Å². The molecule has 4 nitrogen and oxygen atoms in total. The summed E-state index contributed by atoms with van der Waals surface area (Å²) in [5.41, 5.74) is 2.39. The molecule has 1 N–H and O–H groups in total. The predicted molar refractivity (Wildman–Crippen MR) is 80.1 cm³/mol. The third-order valence-electron chi connectivity index (χ3n) is 3.16. The van der Waals surface area contributed by atoms with Crippen molar-refractivity contribution in [2.24, 2.45) is 0 Å². The fraction of sp³-hybridized carbons (Fsp3) is 0.600. The maximum atomic E-state index is 5.50. The van der Waals surface area contributed by atoms with Crippen LogP contribution >= 0.6 is 0 Å². The summed E-state index contributed by atoms with van der Waals surface area (Å²) in [6, 6.07) is 6.39. The predicted octanol–water partition coefficient (Wildman–Crippen LogP) is 2.28. The maximum absolute atomic E-state index is 5.50. The second-order valence-electron chi connectivity index (χ2n) is 4.35. The molecule has 0 unspecified atom stereocenters. The molecule has 0 fully saturated rings. The highest BCUT2D eigenvalue weighted by molar-refractivity contribution is 5.59. The molecule has 4 heteroatoms. The molecule has 1 aromatic carbocycles. The highest BCUT2D eigenvalue weighted by Gasteiger charge is 2.09. The minimum absolute atomic E-state index is 0.731. The fourth-order valence-electron chi connectivity index (χ4n) is 2.06. The van der Waals surface area contributed by atoms with Crippen molar-refractivity contribution in [2.45, 2.75) is 20.4 Å². The van der Waals surface area contributed by atoms with Crippen LogP contribution < -0.4 is 15.0 Å². The topological polar surface area (TPSA) is 33.7 Å². The molecule has 0 saturated carbocycles. The second-order valence-corrected chi connectivity index (χ2v) is 4.35. The first-order chi connectivity index (χ1) is 9.26. The Balaban J connectivity index is 2.72. The zero-order valence-corrected chi connectivity index (χ0v) is 12.5. The lowest BCUT2D eigenvalue weighted by Crippen LogP contribution is -2.23. The Kier molecular flexibility index (Phi) is 7.30. The van der Waals surface area contributed by atoms with Gasteiger partial charge in [0.1, 0.15) is 5.75 Å². The Morgan fingerprint density at radius 1 is 1.16 bits per heavy atom. The van der Waals surface area contributed by atoms with Gasteiger partial charge in [-0.3, -0.25) is 0 Å². The summed E-state index contributed by atoms with van der Waals surface area (Å²) in [4.78, 5) is 2.29. The third-order valence-corrected chi connectivity index (χ3v) is 3.16. The van der Waals surface area contributed by atoms with Gasteiger partial charge in [0.2, 0.25) is 0 Å². The van der Waals surface area contributed by atoms with E-state index in [9.17, 15) is 0 Å². The lowest BCUT2D eigenvalue weighted by molar-refractivity contribution is 0.199. The van der Waals surface area contributed by atoms with E-state index in [1.165, 1.54) is 5.56 Å². The van der Waals surface area contributed by atoms with Gasteiger partial charge in [-0.25, -0.2) is 0 Å². The minimum Gasteiger partial charge on any atom is -0.495 e. The summed E-state index contributed by atoms with van der Waals surface area (Å²) >= 11 is 0. The summed E-state index contributed by atoms with van der Waals surface area (Å²) in [7, 11) is 3.44. The number of ether oxygens (including phenoxy) is 2. The van der Waals surface area contributed by atoms with Gasteiger partial charge in [-0.05, 0) is 31.5 Å². The average Bonchev–Trinajstić information content (AvgIpc) is 2.46. The van der Waals surface area contributed by atoms with E-state index in [0.717, 1.165) is 44.2 Å². The van der Waals surface area contributed by atoms with Crippen LogP contribution in [0.4, 0.5) is 5.69 Å². The van der Waals surface area contributed by atoms with Crippen LogP contribution in [0.25, 0.3) is 0 Å². The standard InChI is InChI=1S/C15H26N2O2/c1-5-17(6-2)14-8-7-13(11-15(14)19-4)12-16-9-10-18-3/h7-8,11,16H,5-6,9-10,12H2,1-4H3. The van der Waals surface area contributed by atoms with Crippen molar-refractivity contribution in [1.29, 1.82) is 0 Å². The molecule has 1 aromatic rings. The molecule has 108 valence electrons. The lowest BCUT2D eigenvalue weighted by atomic mass is 10.1.